The first-order valence-electron chi connectivity index (χ1n) is 3.48. The Morgan fingerprint density at radius 2 is 2.15 bits per heavy atom. The number of hydrogen-bond acceptors (Lipinski definition) is 5. The molecule has 1 rings (SSSR count). The SMILES string of the molecule is Cc1nc(COS(N)(=O)=O)oc1C. The molecule has 13 heavy (non-hydrogen) atoms. The van der Waals surface area contributed by atoms with Crippen molar-refractivity contribution in [3.8, 4) is 0 Å². The molecule has 0 saturated heterocycles. The highest BCUT2D eigenvalue weighted by Gasteiger charge is 2.09. The number of nitrogens with zero attached hydrogens (tertiary/aromatic N) is 1. The summed E-state index contributed by atoms with van der Waals surface area (Å²) >= 11 is 0. The lowest BCUT2D eigenvalue weighted by atomic mass is 10.4. The third-order valence-electron chi connectivity index (χ3n) is 1.42. The Bertz CT molecular complexity index is 375. The van der Waals surface area contributed by atoms with E-state index in [0.29, 0.717) is 11.5 Å². The van der Waals surface area contributed by atoms with Crippen molar-refractivity contribution in [2.24, 2.45) is 5.14 Å². The van der Waals surface area contributed by atoms with E-state index in [1.807, 2.05) is 0 Å². The molecule has 0 aliphatic rings. The maximum atomic E-state index is 10.4. The summed E-state index contributed by atoms with van der Waals surface area (Å²) in [6.07, 6.45) is 0. The van der Waals surface area contributed by atoms with E-state index < -0.39 is 10.3 Å². The molecule has 0 amide bonds. The normalized spacial score (nSPS) is 11.9. The molecular weight excluding hydrogens is 196 g/mol. The maximum absolute atomic E-state index is 10.4. The van der Waals surface area contributed by atoms with Crippen LogP contribution >= 0.6 is 0 Å². The fourth-order valence-corrected chi connectivity index (χ4v) is 0.999. The van der Waals surface area contributed by atoms with Crippen molar-refractivity contribution in [2.45, 2.75) is 20.5 Å². The Labute approximate surface area is 76.0 Å². The van der Waals surface area contributed by atoms with Crippen molar-refractivity contribution < 1.29 is 17.0 Å². The second-order valence-corrected chi connectivity index (χ2v) is 3.73. The quantitative estimate of drug-likeness (QED) is 0.751. The molecular formula is C6H10N2O4S. The van der Waals surface area contributed by atoms with Crippen molar-refractivity contribution in [1.29, 1.82) is 0 Å². The predicted molar refractivity (Wildman–Crippen MR) is 43.9 cm³/mol. The minimum atomic E-state index is -3.93. The van der Waals surface area contributed by atoms with Crippen molar-refractivity contribution in [1.82, 2.24) is 4.98 Å². The van der Waals surface area contributed by atoms with Crippen LogP contribution < -0.4 is 5.14 Å². The molecule has 0 fully saturated rings. The van der Waals surface area contributed by atoms with Crippen LogP contribution in [0.3, 0.4) is 0 Å². The summed E-state index contributed by atoms with van der Waals surface area (Å²) in [6, 6.07) is 0. The molecule has 7 heteroatoms. The third kappa shape index (κ3) is 3.13. The molecule has 0 spiro atoms. The number of aromatic nitrogens is 1. The van der Waals surface area contributed by atoms with E-state index in [9.17, 15) is 8.42 Å². The van der Waals surface area contributed by atoms with Crippen LogP contribution in [0.2, 0.25) is 0 Å². The largest absolute Gasteiger partial charge is 0.443 e. The van der Waals surface area contributed by atoms with Gasteiger partial charge in [-0.05, 0) is 13.8 Å². The van der Waals surface area contributed by atoms with Gasteiger partial charge in [0.2, 0.25) is 5.89 Å². The smallest absolute Gasteiger partial charge is 0.333 e. The molecule has 1 heterocycles. The molecule has 0 atom stereocenters. The van der Waals surface area contributed by atoms with Gasteiger partial charge in [-0.1, -0.05) is 0 Å². The highest BCUT2D eigenvalue weighted by atomic mass is 32.2. The van der Waals surface area contributed by atoms with Crippen molar-refractivity contribution in [3.63, 3.8) is 0 Å². The van der Waals surface area contributed by atoms with E-state index in [0.717, 1.165) is 0 Å². The van der Waals surface area contributed by atoms with Gasteiger partial charge in [-0.3, -0.25) is 0 Å². The summed E-state index contributed by atoms with van der Waals surface area (Å²) in [4.78, 5) is 3.90. The van der Waals surface area contributed by atoms with E-state index in [1.165, 1.54) is 0 Å². The Kier molecular flexibility index (Phi) is 2.69. The maximum Gasteiger partial charge on any atom is 0.333 e. The topological polar surface area (TPSA) is 95.4 Å². The Hall–Kier alpha value is -0.920. The van der Waals surface area contributed by atoms with Gasteiger partial charge in [0.25, 0.3) is 0 Å². The van der Waals surface area contributed by atoms with Gasteiger partial charge >= 0.3 is 10.3 Å². The third-order valence-corrected chi connectivity index (χ3v) is 1.87. The first kappa shape index (κ1) is 10.2. The average molecular weight is 206 g/mol. The van der Waals surface area contributed by atoms with Gasteiger partial charge in [-0.25, -0.2) is 14.3 Å². The summed E-state index contributed by atoms with van der Waals surface area (Å²) < 4.78 is 30.1. The molecule has 2 N–H and O–H groups in total. The van der Waals surface area contributed by atoms with Crippen molar-refractivity contribution >= 4 is 10.3 Å². The summed E-state index contributed by atoms with van der Waals surface area (Å²) in [5.74, 6) is 0.831. The molecule has 0 aliphatic heterocycles. The molecule has 74 valence electrons. The van der Waals surface area contributed by atoms with Crippen molar-refractivity contribution in [3.05, 3.63) is 17.3 Å². The zero-order chi connectivity index (χ0) is 10.1. The zero-order valence-electron chi connectivity index (χ0n) is 7.27. The molecule has 1 aromatic heterocycles. The first-order valence-corrected chi connectivity index (χ1v) is 4.95. The van der Waals surface area contributed by atoms with Gasteiger partial charge < -0.3 is 4.42 Å². The van der Waals surface area contributed by atoms with Gasteiger partial charge in [-0.2, -0.15) is 8.42 Å². The Morgan fingerprint density at radius 1 is 1.54 bits per heavy atom. The number of aryl methyl sites for hydroxylation is 2. The van der Waals surface area contributed by atoms with E-state index in [1.54, 1.807) is 13.8 Å². The molecule has 6 nitrogen and oxygen atoms in total. The lowest BCUT2D eigenvalue weighted by Gasteiger charge is -1.94. The summed E-state index contributed by atoms with van der Waals surface area (Å²) in [5, 5.41) is 4.61. The van der Waals surface area contributed by atoms with E-state index >= 15 is 0 Å². The lowest BCUT2D eigenvalue weighted by Crippen LogP contribution is -2.15. The zero-order valence-corrected chi connectivity index (χ0v) is 8.09. The van der Waals surface area contributed by atoms with Gasteiger partial charge in [0.1, 0.15) is 12.4 Å². The standard InChI is InChI=1S/C6H10N2O4S/c1-4-5(2)12-6(8-4)3-11-13(7,9)10/h3H2,1-2H3,(H2,7,9,10). The molecule has 0 bridgehead atoms. The fourth-order valence-electron chi connectivity index (χ4n) is 0.733. The Morgan fingerprint density at radius 3 is 2.54 bits per heavy atom. The van der Waals surface area contributed by atoms with Crippen LogP contribution in [0.5, 0.6) is 0 Å². The molecule has 0 aromatic carbocycles. The number of rotatable bonds is 3. The molecule has 0 saturated carbocycles. The van der Waals surface area contributed by atoms with Crippen LogP contribution in [0, 0.1) is 13.8 Å². The summed E-state index contributed by atoms with van der Waals surface area (Å²) in [7, 11) is -3.93. The number of hydrogen-bond donors (Lipinski definition) is 1. The minimum Gasteiger partial charge on any atom is -0.443 e. The molecule has 0 unspecified atom stereocenters. The van der Waals surface area contributed by atoms with E-state index in [2.05, 4.69) is 14.3 Å². The van der Waals surface area contributed by atoms with Crippen LogP contribution in [-0.4, -0.2) is 13.4 Å². The summed E-state index contributed by atoms with van der Waals surface area (Å²) in [5.41, 5.74) is 0.702. The first-order chi connectivity index (χ1) is 5.88. The lowest BCUT2D eigenvalue weighted by molar-refractivity contribution is 0.265. The highest BCUT2D eigenvalue weighted by Crippen LogP contribution is 2.09. The number of nitrogens with two attached hydrogens (primary N) is 1. The van der Waals surface area contributed by atoms with Gasteiger partial charge in [0, 0.05) is 0 Å². The van der Waals surface area contributed by atoms with E-state index in [4.69, 9.17) is 4.42 Å². The minimum absolute atomic E-state index is 0.198. The average Bonchev–Trinajstić information content (AvgIpc) is 2.27. The second-order valence-electron chi connectivity index (χ2n) is 2.50. The monoisotopic (exact) mass is 206 g/mol. The second kappa shape index (κ2) is 3.44. The van der Waals surface area contributed by atoms with Crippen LogP contribution in [0.1, 0.15) is 17.3 Å². The Balaban J connectivity index is 2.66. The molecule has 1 aromatic rings. The highest BCUT2D eigenvalue weighted by molar-refractivity contribution is 7.84. The van der Waals surface area contributed by atoms with E-state index in [-0.39, 0.29) is 12.5 Å². The molecule has 0 aliphatic carbocycles. The molecule has 0 radical (unpaired) electrons. The van der Waals surface area contributed by atoms with Crippen LogP contribution in [0.4, 0.5) is 0 Å². The van der Waals surface area contributed by atoms with Crippen LogP contribution in [0.15, 0.2) is 4.42 Å². The summed E-state index contributed by atoms with van der Waals surface area (Å²) in [6.45, 7) is 3.20. The number of oxazole rings is 1. The van der Waals surface area contributed by atoms with Crippen molar-refractivity contribution in [2.75, 3.05) is 0 Å². The van der Waals surface area contributed by atoms with Crippen LogP contribution in [-0.2, 0) is 21.1 Å². The van der Waals surface area contributed by atoms with Gasteiger partial charge in [0.05, 0.1) is 5.69 Å². The predicted octanol–water partition coefficient (Wildman–Crippen LogP) is 0.0115. The van der Waals surface area contributed by atoms with Gasteiger partial charge in [-0.15, -0.1) is 0 Å². The fraction of sp³-hybridized carbons (Fsp3) is 0.500. The van der Waals surface area contributed by atoms with Crippen LogP contribution in [0.25, 0.3) is 0 Å². The van der Waals surface area contributed by atoms with Gasteiger partial charge in [0.15, 0.2) is 0 Å².